The van der Waals surface area contributed by atoms with Gasteiger partial charge in [-0.25, -0.2) is 4.39 Å². The lowest BCUT2D eigenvalue weighted by Crippen LogP contribution is -2.38. The van der Waals surface area contributed by atoms with Crippen LogP contribution in [0.15, 0.2) is 22.7 Å². The van der Waals surface area contributed by atoms with E-state index in [1.807, 2.05) is 26.8 Å². The summed E-state index contributed by atoms with van der Waals surface area (Å²) in [5.41, 5.74) is 0.811. The highest BCUT2D eigenvalue weighted by Crippen LogP contribution is 2.17. The van der Waals surface area contributed by atoms with Crippen LogP contribution >= 0.6 is 15.9 Å². The highest BCUT2D eigenvalue weighted by Gasteiger charge is 2.15. The molecule has 0 radical (unpaired) electrons. The molecule has 0 spiro atoms. The minimum atomic E-state index is -0.212. The Hall–Kier alpha value is -0.450. The van der Waals surface area contributed by atoms with E-state index in [0.29, 0.717) is 6.61 Å². The molecule has 1 aromatic carbocycles. The first-order valence-corrected chi connectivity index (χ1v) is 7.42. The molecule has 1 rings (SSSR count). The smallest absolute Gasteiger partial charge is 0.124 e. The Labute approximate surface area is 123 Å². The van der Waals surface area contributed by atoms with Gasteiger partial charge in [0.15, 0.2) is 0 Å². The van der Waals surface area contributed by atoms with Crippen LogP contribution in [0.2, 0.25) is 0 Å². The minimum Gasteiger partial charge on any atom is -0.374 e. The van der Waals surface area contributed by atoms with Crippen LogP contribution in [-0.4, -0.2) is 24.8 Å². The number of hydrogen-bond acceptors (Lipinski definition) is 2. The summed E-state index contributed by atoms with van der Waals surface area (Å²) in [6.07, 6.45) is 0.750. The fourth-order valence-corrected chi connectivity index (χ4v) is 2.36. The van der Waals surface area contributed by atoms with Gasteiger partial charge in [0.05, 0.1) is 12.2 Å². The molecule has 0 aliphatic rings. The summed E-state index contributed by atoms with van der Waals surface area (Å²) in [5.74, 6) is -0.212. The number of benzene rings is 1. The normalized spacial score (nSPS) is 13.6. The summed E-state index contributed by atoms with van der Waals surface area (Å²) >= 11 is 3.32. The molecule has 0 saturated carbocycles. The molecule has 1 atom stereocenters. The van der Waals surface area contributed by atoms with Crippen LogP contribution < -0.4 is 5.32 Å². The van der Waals surface area contributed by atoms with Crippen LogP contribution in [0.4, 0.5) is 4.39 Å². The molecule has 0 aliphatic heterocycles. The van der Waals surface area contributed by atoms with Gasteiger partial charge >= 0.3 is 0 Å². The molecule has 0 saturated heterocycles. The summed E-state index contributed by atoms with van der Waals surface area (Å²) in [7, 11) is 0. The van der Waals surface area contributed by atoms with Gasteiger partial charge in [-0.1, -0.05) is 22.9 Å². The molecule has 0 amide bonds. The van der Waals surface area contributed by atoms with Crippen LogP contribution in [0.1, 0.15) is 33.3 Å². The summed E-state index contributed by atoms with van der Waals surface area (Å²) in [4.78, 5) is 0. The first-order valence-electron chi connectivity index (χ1n) is 6.62. The zero-order valence-electron chi connectivity index (χ0n) is 12.1. The van der Waals surface area contributed by atoms with E-state index in [2.05, 4.69) is 28.2 Å². The maximum Gasteiger partial charge on any atom is 0.124 e. The molecule has 0 fully saturated rings. The predicted octanol–water partition coefficient (Wildman–Crippen LogP) is 3.92. The van der Waals surface area contributed by atoms with Gasteiger partial charge in [-0.05, 0) is 57.5 Å². The third-order valence-corrected chi connectivity index (χ3v) is 3.07. The van der Waals surface area contributed by atoms with Crippen LogP contribution in [0.3, 0.4) is 0 Å². The van der Waals surface area contributed by atoms with Crippen molar-refractivity contribution in [2.75, 3.05) is 13.2 Å². The molecule has 4 heteroatoms. The maximum atomic E-state index is 13.4. The lowest BCUT2D eigenvalue weighted by atomic mass is 10.1. The Morgan fingerprint density at radius 2 is 2.00 bits per heavy atom. The van der Waals surface area contributed by atoms with Crippen molar-refractivity contribution >= 4 is 15.9 Å². The van der Waals surface area contributed by atoms with Crippen molar-refractivity contribution in [1.82, 2.24) is 5.32 Å². The van der Waals surface area contributed by atoms with Gasteiger partial charge in [0.2, 0.25) is 0 Å². The number of nitrogens with one attached hydrogen (secondary N) is 1. The van der Waals surface area contributed by atoms with Gasteiger partial charge in [0.1, 0.15) is 5.82 Å². The quantitative estimate of drug-likeness (QED) is 0.852. The number of hydrogen-bond donors (Lipinski definition) is 1. The molecule has 19 heavy (non-hydrogen) atoms. The standard InChI is InChI=1S/C15H23BrFNO/c1-5-18-14(10-19-15(2,3)4)8-11-6-12(16)9-13(17)7-11/h6-7,9,14,18H,5,8,10H2,1-4H3. The topological polar surface area (TPSA) is 21.3 Å². The second kappa shape index (κ2) is 7.36. The van der Waals surface area contributed by atoms with Gasteiger partial charge in [-0.3, -0.25) is 0 Å². The highest BCUT2D eigenvalue weighted by molar-refractivity contribution is 9.10. The Bertz CT molecular complexity index is 383. The molecule has 0 bridgehead atoms. The molecular weight excluding hydrogens is 309 g/mol. The Balaban J connectivity index is 2.66. The second-order valence-corrected chi connectivity index (χ2v) is 6.58. The SMILES string of the molecule is CCNC(COC(C)(C)C)Cc1cc(F)cc(Br)c1. The van der Waals surface area contributed by atoms with Gasteiger partial charge in [0.25, 0.3) is 0 Å². The van der Waals surface area contributed by atoms with E-state index >= 15 is 0 Å². The van der Waals surface area contributed by atoms with E-state index in [4.69, 9.17) is 4.74 Å². The zero-order chi connectivity index (χ0) is 14.5. The van der Waals surface area contributed by atoms with Crippen LogP contribution in [0.25, 0.3) is 0 Å². The molecular formula is C15H23BrFNO. The number of rotatable bonds is 6. The third-order valence-electron chi connectivity index (χ3n) is 2.61. The van der Waals surface area contributed by atoms with Crippen molar-refractivity contribution in [3.8, 4) is 0 Å². The fourth-order valence-electron chi connectivity index (χ4n) is 1.84. The summed E-state index contributed by atoms with van der Waals surface area (Å²) in [6.45, 7) is 9.66. The summed E-state index contributed by atoms with van der Waals surface area (Å²) < 4.78 is 19.9. The summed E-state index contributed by atoms with van der Waals surface area (Å²) in [5, 5.41) is 3.38. The lowest BCUT2D eigenvalue weighted by Gasteiger charge is -2.25. The van der Waals surface area contributed by atoms with Gasteiger partial charge in [-0.2, -0.15) is 0 Å². The van der Waals surface area contributed by atoms with Crippen LogP contribution in [0, 0.1) is 5.82 Å². The van der Waals surface area contributed by atoms with E-state index in [1.165, 1.54) is 6.07 Å². The molecule has 0 aliphatic carbocycles. The van der Waals surface area contributed by atoms with Gasteiger partial charge < -0.3 is 10.1 Å². The van der Waals surface area contributed by atoms with E-state index in [-0.39, 0.29) is 17.5 Å². The molecule has 0 aromatic heterocycles. The van der Waals surface area contributed by atoms with E-state index < -0.39 is 0 Å². The van der Waals surface area contributed by atoms with Crippen molar-refractivity contribution in [3.63, 3.8) is 0 Å². The molecule has 0 heterocycles. The Morgan fingerprint density at radius 1 is 1.32 bits per heavy atom. The van der Waals surface area contributed by atoms with Gasteiger partial charge in [0, 0.05) is 10.5 Å². The Kier molecular flexibility index (Phi) is 6.43. The monoisotopic (exact) mass is 331 g/mol. The van der Waals surface area contributed by atoms with E-state index in [0.717, 1.165) is 23.0 Å². The Morgan fingerprint density at radius 3 is 2.53 bits per heavy atom. The van der Waals surface area contributed by atoms with Crippen molar-refractivity contribution in [2.24, 2.45) is 0 Å². The summed E-state index contributed by atoms with van der Waals surface area (Å²) in [6, 6.07) is 5.19. The molecule has 1 N–H and O–H groups in total. The fraction of sp³-hybridized carbons (Fsp3) is 0.600. The predicted molar refractivity (Wildman–Crippen MR) is 81.0 cm³/mol. The van der Waals surface area contributed by atoms with E-state index in [1.54, 1.807) is 6.07 Å². The minimum absolute atomic E-state index is 0.157. The van der Waals surface area contributed by atoms with Crippen molar-refractivity contribution in [3.05, 3.63) is 34.1 Å². The van der Waals surface area contributed by atoms with Crippen molar-refractivity contribution in [2.45, 2.75) is 45.8 Å². The molecule has 2 nitrogen and oxygen atoms in total. The van der Waals surface area contributed by atoms with Crippen LogP contribution in [-0.2, 0) is 11.2 Å². The van der Waals surface area contributed by atoms with Crippen LogP contribution in [0.5, 0.6) is 0 Å². The van der Waals surface area contributed by atoms with E-state index in [9.17, 15) is 4.39 Å². The largest absolute Gasteiger partial charge is 0.374 e. The van der Waals surface area contributed by atoms with Gasteiger partial charge in [-0.15, -0.1) is 0 Å². The molecule has 108 valence electrons. The zero-order valence-corrected chi connectivity index (χ0v) is 13.7. The third kappa shape index (κ3) is 7.04. The lowest BCUT2D eigenvalue weighted by molar-refractivity contribution is -0.0141. The number of likely N-dealkylation sites (N-methyl/N-ethyl adjacent to an activating group) is 1. The number of ether oxygens (including phenoxy) is 1. The molecule has 1 unspecified atom stereocenters. The molecule has 1 aromatic rings. The number of halogens is 2. The van der Waals surface area contributed by atoms with Crippen molar-refractivity contribution in [1.29, 1.82) is 0 Å². The average molecular weight is 332 g/mol. The first kappa shape index (κ1) is 16.6. The second-order valence-electron chi connectivity index (χ2n) is 5.66. The highest BCUT2D eigenvalue weighted by atomic mass is 79.9. The maximum absolute atomic E-state index is 13.4. The first-order chi connectivity index (χ1) is 8.80. The van der Waals surface area contributed by atoms with Crippen molar-refractivity contribution < 1.29 is 9.13 Å². The average Bonchev–Trinajstić information content (AvgIpc) is 2.23.